The highest BCUT2D eigenvalue weighted by Gasteiger charge is 2.37. The first-order valence-electron chi connectivity index (χ1n) is 6.45. The second-order valence-corrected chi connectivity index (χ2v) is 5.56. The van der Waals surface area contributed by atoms with Crippen molar-refractivity contribution in [3.8, 4) is 10.6 Å². The molecule has 7 heteroatoms. The number of halogens is 4. The van der Waals surface area contributed by atoms with Crippen LogP contribution < -0.4 is 5.32 Å². The van der Waals surface area contributed by atoms with Gasteiger partial charge in [0.15, 0.2) is 5.69 Å². The van der Waals surface area contributed by atoms with E-state index in [1.165, 1.54) is 18.2 Å². The maximum atomic E-state index is 13.2. The molecule has 0 bridgehead atoms. The zero-order valence-electron chi connectivity index (χ0n) is 11.3. The van der Waals surface area contributed by atoms with E-state index in [1.54, 1.807) is 6.07 Å². The van der Waals surface area contributed by atoms with Crippen LogP contribution in [0.15, 0.2) is 24.3 Å². The molecule has 0 spiro atoms. The predicted octanol–water partition coefficient (Wildman–Crippen LogP) is 4.47. The first-order valence-corrected chi connectivity index (χ1v) is 7.27. The third-order valence-electron chi connectivity index (χ3n) is 2.75. The van der Waals surface area contributed by atoms with Gasteiger partial charge in [-0.1, -0.05) is 19.1 Å². The summed E-state index contributed by atoms with van der Waals surface area (Å²) in [4.78, 5) is 3.78. The minimum atomic E-state index is -4.51. The lowest BCUT2D eigenvalue weighted by Crippen LogP contribution is -2.17. The molecule has 0 aliphatic heterocycles. The van der Waals surface area contributed by atoms with E-state index in [2.05, 4.69) is 10.3 Å². The van der Waals surface area contributed by atoms with Gasteiger partial charge in [-0.3, -0.25) is 0 Å². The number of nitrogens with one attached hydrogen (secondary N) is 1. The number of nitrogens with zero attached hydrogens (tertiary/aromatic N) is 1. The van der Waals surface area contributed by atoms with Crippen molar-refractivity contribution in [2.75, 3.05) is 6.54 Å². The Morgan fingerprint density at radius 1 is 1.29 bits per heavy atom. The van der Waals surface area contributed by atoms with Crippen molar-refractivity contribution in [2.45, 2.75) is 26.1 Å². The summed E-state index contributed by atoms with van der Waals surface area (Å²) in [6, 6.07) is 5.42. The third kappa shape index (κ3) is 4.01. The van der Waals surface area contributed by atoms with Crippen LogP contribution in [0.5, 0.6) is 0 Å². The van der Waals surface area contributed by atoms with Gasteiger partial charge in [0.05, 0.1) is 4.88 Å². The minimum Gasteiger partial charge on any atom is -0.312 e. The molecule has 21 heavy (non-hydrogen) atoms. The highest BCUT2D eigenvalue weighted by atomic mass is 32.1. The molecule has 0 saturated carbocycles. The summed E-state index contributed by atoms with van der Waals surface area (Å²) in [6.07, 6.45) is -3.68. The maximum absolute atomic E-state index is 13.2. The zero-order valence-corrected chi connectivity index (χ0v) is 12.1. The molecule has 0 aliphatic rings. The average molecular weight is 318 g/mol. The number of thiazole rings is 1. The summed E-state index contributed by atoms with van der Waals surface area (Å²) in [6.45, 7) is 2.67. The molecule has 1 heterocycles. The van der Waals surface area contributed by atoms with Crippen LogP contribution in [-0.2, 0) is 12.7 Å². The first kappa shape index (κ1) is 15.9. The molecule has 0 radical (unpaired) electrons. The largest absolute Gasteiger partial charge is 0.434 e. The molecular weight excluding hydrogens is 304 g/mol. The summed E-state index contributed by atoms with van der Waals surface area (Å²) in [5.41, 5.74) is -0.539. The number of benzene rings is 1. The Hall–Kier alpha value is -1.47. The van der Waals surface area contributed by atoms with E-state index in [1.807, 2.05) is 6.92 Å². The Morgan fingerprint density at radius 3 is 2.67 bits per heavy atom. The van der Waals surface area contributed by atoms with Crippen molar-refractivity contribution >= 4 is 11.3 Å². The number of hydrogen-bond acceptors (Lipinski definition) is 3. The fraction of sp³-hybridized carbons (Fsp3) is 0.357. The Kier molecular flexibility index (Phi) is 4.95. The molecule has 114 valence electrons. The number of rotatable bonds is 5. The van der Waals surface area contributed by atoms with Gasteiger partial charge < -0.3 is 5.32 Å². The maximum Gasteiger partial charge on any atom is 0.434 e. The van der Waals surface area contributed by atoms with E-state index in [0.29, 0.717) is 12.1 Å². The Labute approximate surface area is 123 Å². The molecule has 0 saturated heterocycles. The van der Waals surface area contributed by atoms with Crippen molar-refractivity contribution in [1.82, 2.24) is 10.3 Å². The van der Waals surface area contributed by atoms with Crippen LogP contribution in [-0.4, -0.2) is 11.5 Å². The van der Waals surface area contributed by atoms with E-state index in [0.717, 1.165) is 17.8 Å². The number of aromatic nitrogens is 1. The predicted molar refractivity (Wildman–Crippen MR) is 74.5 cm³/mol. The zero-order chi connectivity index (χ0) is 15.5. The van der Waals surface area contributed by atoms with Gasteiger partial charge in [-0.25, -0.2) is 9.37 Å². The van der Waals surface area contributed by atoms with Crippen LogP contribution in [0.3, 0.4) is 0 Å². The van der Waals surface area contributed by atoms with E-state index in [9.17, 15) is 17.6 Å². The molecule has 0 atom stereocenters. The molecular formula is C14H14F4N2S. The second kappa shape index (κ2) is 6.53. The Bertz CT molecular complexity index is 607. The molecule has 2 rings (SSSR count). The van der Waals surface area contributed by atoms with E-state index in [4.69, 9.17) is 0 Å². The summed E-state index contributed by atoms with van der Waals surface area (Å²) >= 11 is 0.938. The SMILES string of the molecule is CCCNCc1sc(-c2cccc(F)c2)nc1C(F)(F)F. The van der Waals surface area contributed by atoms with Crippen molar-refractivity contribution < 1.29 is 17.6 Å². The van der Waals surface area contributed by atoms with Crippen molar-refractivity contribution in [1.29, 1.82) is 0 Å². The third-order valence-corrected chi connectivity index (χ3v) is 3.85. The molecule has 1 aromatic carbocycles. The fourth-order valence-electron chi connectivity index (χ4n) is 1.82. The van der Waals surface area contributed by atoms with E-state index >= 15 is 0 Å². The van der Waals surface area contributed by atoms with Crippen LogP contribution in [0.2, 0.25) is 0 Å². The van der Waals surface area contributed by atoms with Gasteiger partial charge in [0.1, 0.15) is 10.8 Å². The van der Waals surface area contributed by atoms with Crippen molar-refractivity contribution in [3.05, 3.63) is 40.7 Å². The van der Waals surface area contributed by atoms with Gasteiger partial charge in [0.2, 0.25) is 0 Å². The molecule has 0 unspecified atom stereocenters. The van der Waals surface area contributed by atoms with Crippen LogP contribution in [0.1, 0.15) is 23.9 Å². The Morgan fingerprint density at radius 2 is 2.05 bits per heavy atom. The monoisotopic (exact) mass is 318 g/mol. The summed E-state index contributed by atoms with van der Waals surface area (Å²) < 4.78 is 52.2. The van der Waals surface area contributed by atoms with E-state index in [-0.39, 0.29) is 16.4 Å². The van der Waals surface area contributed by atoms with Crippen LogP contribution in [0.25, 0.3) is 10.6 Å². The quantitative estimate of drug-likeness (QED) is 0.650. The fourth-order valence-corrected chi connectivity index (χ4v) is 2.86. The highest BCUT2D eigenvalue weighted by Crippen LogP contribution is 2.37. The lowest BCUT2D eigenvalue weighted by atomic mass is 10.2. The molecule has 2 aromatic rings. The summed E-state index contributed by atoms with van der Waals surface area (Å²) in [5, 5.41) is 3.11. The van der Waals surface area contributed by atoms with Gasteiger partial charge in [0.25, 0.3) is 0 Å². The van der Waals surface area contributed by atoms with Crippen LogP contribution in [0, 0.1) is 5.82 Å². The smallest absolute Gasteiger partial charge is 0.312 e. The Balaban J connectivity index is 2.36. The highest BCUT2D eigenvalue weighted by molar-refractivity contribution is 7.15. The number of hydrogen-bond donors (Lipinski definition) is 1. The van der Waals surface area contributed by atoms with Crippen LogP contribution in [0.4, 0.5) is 17.6 Å². The lowest BCUT2D eigenvalue weighted by molar-refractivity contribution is -0.141. The topological polar surface area (TPSA) is 24.9 Å². The minimum absolute atomic E-state index is 0.107. The van der Waals surface area contributed by atoms with Gasteiger partial charge in [-0.2, -0.15) is 13.2 Å². The van der Waals surface area contributed by atoms with Gasteiger partial charge in [0, 0.05) is 12.1 Å². The molecule has 0 amide bonds. The summed E-state index contributed by atoms with van der Waals surface area (Å²) in [7, 11) is 0. The van der Waals surface area contributed by atoms with Gasteiger partial charge in [-0.05, 0) is 25.1 Å². The average Bonchev–Trinajstić information content (AvgIpc) is 2.83. The molecule has 1 N–H and O–H groups in total. The number of alkyl halides is 3. The van der Waals surface area contributed by atoms with E-state index < -0.39 is 17.7 Å². The summed E-state index contributed by atoms with van der Waals surface area (Å²) in [5.74, 6) is -0.498. The van der Waals surface area contributed by atoms with Gasteiger partial charge in [-0.15, -0.1) is 11.3 Å². The van der Waals surface area contributed by atoms with Crippen molar-refractivity contribution in [3.63, 3.8) is 0 Å². The van der Waals surface area contributed by atoms with Crippen LogP contribution >= 0.6 is 11.3 Å². The lowest BCUT2D eigenvalue weighted by Gasteiger charge is -2.06. The molecule has 0 fully saturated rings. The van der Waals surface area contributed by atoms with Crippen molar-refractivity contribution in [2.24, 2.45) is 0 Å². The standard InChI is InChI=1S/C14H14F4N2S/c1-2-6-19-8-11-12(14(16,17)18)20-13(21-11)9-4-3-5-10(15)7-9/h3-5,7,19H,2,6,8H2,1H3. The van der Waals surface area contributed by atoms with Gasteiger partial charge >= 0.3 is 6.18 Å². The molecule has 0 aliphatic carbocycles. The normalized spacial score (nSPS) is 11.9. The molecule has 2 nitrogen and oxygen atoms in total. The molecule has 1 aromatic heterocycles. The second-order valence-electron chi connectivity index (χ2n) is 4.48. The first-order chi connectivity index (χ1) is 9.91.